The lowest BCUT2D eigenvalue weighted by molar-refractivity contribution is 0.0495. The zero-order valence-electron chi connectivity index (χ0n) is 21.0. The average molecular weight is 505 g/mol. The van der Waals surface area contributed by atoms with E-state index in [1.54, 1.807) is 12.3 Å². The summed E-state index contributed by atoms with van der Waals surface area (Å²) in [4.78, 5) is 30.4. The molecule has 0 saturated carbocycles. The van der Waals surface area contributed by atoms with Crippen LogP contribution < -0.4 is 16.1 Å². The molecule has 1 amide bonds. The van der Waals surface area contributed by atoms with Gasteiger partial charge >= 0.3 is 6.09 Å². The maximum absolute atomic E-state index is 13.4. The van der Waals surface area contributed by atoms with Crippen LogP contribution in [-0.2, 0) is 4.74 Å². The molecule has 0 aromatic carbocycles. The van der Waals surface area contributed by atoms with Gasteiger partial charge in [-0.15, -0.1) is 0 Å². The van der Waals surface area contributed by atoms with Crippen LogP contribution in [0.3, 0.4) is 0 Å². The molecule has 0 atom stereocenters. The van der Waals surface area contributed by atoms with E-state index in [1.807, 2.05) is 49.7 Å². The molecule has 1 fully saturated rings. The van der Waals surface area contributed by atoms with E-state index < -0.39 is 17.5 Å². The molecule has 4 aromatic heterocycles. The highest BCUT2D eigenvalue weighted by Gasteiger charge is 2.27. The van der Waals surface area contributed by atoms with Crippen molar-refractivity contribution < 1.29 is 13.9 Å². The highest BCUT2D eigenvalue weighted by molar-refractivity contribution is 5.82. The van der Waals surface area contributed by atoms with Gasteiger partial charge in [-0.2, -0.15) is 0 Å². The highest BCUT2D eigenvalue weighted by atomic mass is 19.1. The Balaban J connectivity index is 1.49. The van der Waals surface area contributed by atoms with Gasteiger partial charge in [0.1, 0.15) is 22.8 Å². The third-order valence-corrected chi connectivity index (χ3v) is 6.03. The second kappa shape index (κ2) is 9.64. The fourth-order valence-corrected chi connectivity index (χ4v) is 4.35. The minimum absolute atomic E-state index is 0.0141. The van der Waals surface area contributed by atoms with Crippen LogP contribution >= 0.6 is 0 Å². The Hall–Kier alpha value is -4.28. The third-order valence-electron chi connectivity index (χ3n) is 6.03. The molecule has 1 aliphatic heterocycles. The molecule has 3 N–H and O–H groups in total. The number of aromatic nitrogens is 5. The van der Waals surface area contributed by atoms with Crippen molar-refractivity contribution in [3.05, 3.63) is 54.6 Å². The number of piperidine rings is 1. The van der Waals surface area contributed by atoms with Crippen molar-refractivity contribution in [3.8, 4) is 22.8 Å². The van der Waals surface area contributed by atoms with Gasteiger partial charge in [0.25, 0.3) is 0 Å². The van der Waals surface area contributed by atoms with Gasteiger partial charge in [-0.05, 0) is 70.0 Å². The summed E-state index contributed by atoms with van der Waals surface area (Å²) >= 11 is 0. The topological polar surface area (TPSA) is 124 Å². The summed E-state index contributed by atoms with van der Waals surface area (Å²) < 4.78 is 20.8. The van der Waals surface area contributed by atoms with Crippen LogP contribution in [0.15, 0.2) is 48.8 Å². The number of ether oxygens (including phenoxy) is 1. The number of nitrogen functional groups attached to an aromatic ring is 1. The predicted molar refractivity (Wildman–Crippen MR) is 139 cm³/mol. The van der Waals surface area contributed by atoms with Gasteiger partial charge in [-0.3, -0.25) is 4.98 Å². The summed E-state index contributed by atoms with van der Waals surface area (Å²) in [5.74, 6) is 0.573. The lowest BCUT2D eigenvalue weighted by atomic mass is 10.1. The molecule has 1 saturated heterocycles. The summed E-state index contributed by atoms with van der Waals surface area (Å²) in [6.07, 6.45) is 3.81. The molecule has 1 aliphatic rings. The third kappa shape index (κ3) is 5.30. The number of nitrogens with zero attached hydrogens (tertiary/aromatic N) is 6. The predicted octanol–water partition coefficient (Wildman–Crippen LogP) is 3.90. The van der Waals surface area contributed by atoms with Crippen molar-refractivity contribution in [2.75, 3.05) is 23.8 Å². The van der Waals surface area contributed by atoms with Gasteiger partial charge in [0.15, 0.2) is 11.5 Å². The lowest BCUT2D eigenvalue weighted by Gasteiger charge is -2.35. The first-order valence-corrected chi connectivity index (χ1v) is 12.1. The van der Waals surface area contributed by atoms with Crippen LogP contribution in [0, 0.1) is 5.82 Å². The number of fused-ring (bicyclic) bond motifs is 1. The van der Waals surface area contributed by atoms with E-state index in [4.69, 9.17) is 20.4 Å². The molecule has 0 spiro atoms. The van der Waals surface area contributed by atoms with Gasteiger partial charge in [0.05, 0.1) is 23.1 Å². The van der Waals surface area contributed by atoms with Crippen LogP contribution in [0.5, 0.6) is 0 Å². The van der Waals surface area contributed by atoms with Crippen LogP contribution in [0.2, 0.25) is 0 Å². The summed E-state index contributed by atoms with van der Waals surface area (Å²) in [5.41, 5.74) is 8.82. The maximum Gasteiger partial charge on any atom is 0.407 e. The minimum atomic E-state index is -0.554. The van der Waals surface area contributed by atoms with Gasteiger partial charge in [0, 0.05) is 25.3 Å². The number of nitrogens with two attached hydrogens (primary N) is 1. The van der Waals surface area contributed by atoms with Gasteiger partial charge in [0.2, 0.25) is 0 Å². The number of imidazole rings is 1. The Labute approximate surface area is 213 Å². The van der Waals surface area contributed by atoms with Crippen molar-refractivity contribution in [1.82, 2.24) is 29.9 Å². The number of carbonyl (C=O) groups is 1. The van der Waals surface area contributed by atoms with Crippen LogP contribution in [0.4, 0.5) is 15.0 Å². The zero-order valence-corrected chi connectivity index (χ0v) is 21.0. The number of nitrogens with one attached hydrogen (secondary N) is 1. The second-order valence-corrected chi connectivity index (χ2v) is 9.96. The summed E-state index contributed by atoms with van der Waals surface area (Å²) in [7, 11) is 0. The standard InChI is InChI=1S/C26H29FN8O2/c1-26(2,3)37-25(36)31-17-10-13-34(14-11-17)35-23(18-5-4-12-29-22(18)28)33-21-9-8-20(32-24(21)35)19-7-6-16(27)15-30-19/h4-9,12,15,17H,10-11,13-14H2,1-3H3,(H2,28,29)(H,31,36). The summed E-state index contributed by atoms with van der Waals surface area (Å²) in [5, 5.41) is 5.11. The van der Waals surface area contributed by atoms with Crippen LogP contribution in [0.1, 0.15) is 33.6 Å². The first kappa shape index (κ1) is 24.4. The van der Waals surface area contributed by atoms with E-state index in [-0.39, 0.29) is 6.04 Å². The van der Waals surface area contributed by atoms with Crippen molar-refractivity contribution in [3.63, 3.8) is 0 Å². The van der Waals surface area contributed by atoms with E-state index >= 15 is 0 Å². The van der Waals surface area contributed by atoms with Gasteiger partial charge < -0.3 is 20.8 Å². The normalized spacial score (nSPS) is 14.6. The summed E-state index contributed by atoms with van der Waals surface area (Å²) in [6.45, 7) is 6.80. The monoisotopic (exact) mass is 504 g/mol. The Morgan fingerprint density at radius 3 is 2.51 bits per heavy atom. The smallest absolute Gasteiger partial charge is 0.407 e. The molecule has 10 nitrogen and oxygen atoms in total. The second-order valence-electron chi connectivity index (χ2n) is 9.96. The van der Waals surface area contributed by atoms with E-state index in [9.17, 15) is 9.18 Å². The van der Waals surface area contributed by atoms with Crippen molar-refractivity contribution in [1.29, 1.82) is 0 Å². The Morgan fingerprint density at radius 1 is 1.08 bits per heavy atom. The number of amides is 1. The first-order valence-electron chi connectivity index (χ1n) is 12.1. The molecule has 5 heterocycles. The number of carbonyl (C=O) groups excluding carboxylic acids is 1. The number of halogens is 1. The first-order chi connectivity index (χ1) is 17.7. The molecule has 11 heteroatoms. The fraction of sp³-hybridized carbons (Fsp3) is 0.346. The minimum Gasteiger partial charge on any atom is -0.444 e. The fourth-order valence-electron chi connectivity index (χ4n) is 4.35. The van der Waals surface area contributed by atoms with E-state index in [0.29, 0.717) is 65.7 Å². The Morgan fingerprint density at radius 2 is 1.84 bits per heavy atom. The molecule has 0 radical (unpaired) electrons. The molecule has 37 heavy (non-hydrogen) atoms. The SMILES string of the molecule is CC(C)(C)OC(=O)NC1CCN(n2c(-c3cccnc3N)nc3ccc(-c4ccc(F)cn4)nc32)CC1. The Kier molecular flexibility index (Phi) is 6.36. The number of hydrogen-bond donors (Lipinski definition) is 2. The average Bonchev–Trinajstić information content (AvgIpc) is 3.22. The molecule has 4 aromatic rings. The maximum atomic E-state index is 13.4. The van der Waals surface area contributed by atoms with Gasteiger partial charge in [-0.1, -0.05) is 0 Å². The van der Waals surface area contributed by atoms with E-state index in [1.165, 1.54) is 12.3 Å². The van der Waals surface area contributed by atoms with Crippen molar-refractivity contribution in [2.24, 2.45) is 0 Å². The molecular formula is C26H29FN8O2. The van der Waals surface area contributed by atoms with Gasteiger partial charge in [-0.25, -0.2) is 28.8 Å². The molecule has 5 rings (SSSR count). The molecular weight excluding hydrogens is 475 g/mol. The van der Waals surface area contributed by atoms with E-state index in [0.717, 1.165) is 0 Å². The molecule has 0 bridgehead atoms. The van der Waals surface area contributed by atoms with E-state index in [2.05, 4.69) is 20.3 Å². The number of anilines is 1. The number of pyridine rings is 3. The molecule has 0 unspecified atom stereocenters. The summed E-state index contributed by atoms with van der Waals surface area (Å²) in [6, 6.07) is 10.3. The Bertz CT molecular complexity index is 1420. The quantitative estimate of drug-likeness (QED) is 0.429. The zero-order chi connectivity index (χ0) is 26.2. The van der Waals surface area contributed by atoms with Crippen molar-refractivity contribution in [2.45, 2.75) is 45.3 Å². The van der Waals surface area contributed by atoms with Crippen molar-refractivity contribution >= 4 is 23.1 Å². The number of alkyl carbamates (subject to hydrolysis) is 1. The van der Waals surface area contributed by atoms with Crippen LogP contribution in [-0.4, -0.2) is 55.4 Å². The largest absolute Gasteiger partial charge is 0.444 e. The van der Waals surface area contributed by atoms with Crippen LogP contribution in [0.25, 0.3) is 33.9 Å². The number of hydrogen-bond acceptors (Lipinski definition) is 8. The molecule has 0 aliphatic carbocycles. The molecule has 192 valence electrons. The number of rotatable bonds is 4. The lowest BCUT2D eigenvalue weighted by Crippen LogP contribution is -2.49. The highest BCUT2D eigenvalue weighted by Crippen LogP contribution is 2.30.